The Hall–Kier alpha value is -1.75. The van der Waals surface area contributed by atoms with Gasteiger partial charge in [0.15, 0.2) is 0 Å². The van der Waals surface area contributed by atoms with Gasteiger partial charge in [0, 0.05) is 4.88 Å². The molecule has 0 aliphatic rings. The standard InChI is InChI=1S/C11H14N4S/c1-7-4-5-16-9(7)6-14-10-3-2-8(12)11(13)15-10/h2-5H,6,12H2,1H3,(H3,13,14,15). The first-order chi connectivity index (χ1) is 7.66. The van der Waals surface area contributed by atoms with Crippen molar-refractivity contribution in [3.63, 3.8) is 0 Å². The molecular weight excluding hydrogens is 220 g/mol. The van der Waals surface area contributed by atoms with Gasteiger partial charge < -0.3 is 16.8 Å². The molecule has 2 aromatic heterocycles. The molecule has 0 bridgehead atoms. The van der Waals surface area contributed by atoms with Crippen molar-refractivity contribution >= 4 is 28.7 Å². The molecule has 2 aromatic rings. The molecule has 0 spiro atoms. The van der Waals surface area contributed by atoms with Crippen molar-refractivity contribution in [2.75, 3.05) is 16.8 Å². The molecule has 0 saturated carbocycles. The molecule has 5 N–H and O–H groups in total. The number of nitrogens with one attached hydrogen (secondary N) is 1. The Bertz CT molecular complexity index is 492. The van der Waals surface area contributed by atoms with E-state index in [0.717, 1.165) is 12.4 Å². The second-order valence-electron chi connectivity index (χ2n) is 3.55. The van der Waals surface area contributed by atoms with Crippen LogP contribution in [0, 0.1) is 6.92 Å². The van der Waals surface area contributed by atoms with Crippen LogP contribution < -0.4 is 16.8 Å². The molecule has 5 heteroatoms. The second-order valence-corrected chi connectivity index (χ2v) is 4.55. The van der Waals surface area contributed by atoms with Crippen molar-refractivity contribution in [2.45, 2.75) is 13.5 Å². The Balaban J connectivity index is 2.05. The molecule has 0 aromatic carbocycles. The highest BCUT2D eigenvalue weighted by atomic mass is 32.1. The van der Waals surface area contributed by atoms with Gasteiger partial charge in [0.25, 0.3) is 0 Å². The van der Waals surface area contributed by atoms with E-state index in [1.54, 1.807) is 17.4 Å². The molecule has 2 heterocycles. The van der Waals surface area contributed by atoms with Gasteiger partial charge in [-0.25, -0.2) is 4.98 Å². The minimum atomic E-state index is 0.368. The number of hydrogen-bond donors (Lipinski definition) is 3. The van der Waals surface area contributed by atoms with Gasteiger partial charge in [-0.2, -0.15) is 0 Å². The fourth-order valence-electron chi connectivity index (χ4n) is 1.34. The molecule has 0 aliphatic heterocycles. The molecular formula is C11H14N4S. The zero-order valence-corrected chi connectivity index (χ0v) is 9.84. The molecule has 0 radical (unpaired) electrons. The molecule has 0 saturated heterocycles. The number of aryl methyl sites for hydroxylation is 1. The van der Waals surface area contributed by atoms with E-state index < -0.39 is 0 Å². The number of nitrogens with zero attached hydrogens (tertiary/aromatic N) is 1. The Morgan fingerprint density at radius 3 is 2.75 bits per heavy atom. The minimum absolute atomic E-state index is 0.368. The lowest BCUT2D eigenvalue weighted by Gasteiger charge is -2.06. The molecule has 0 aliphatic carbocycles. The van der Waals surface area contributed by atoms with Gasteiger partial charge in [-0.1, -0.05) is 0 Å². The number of hydrogen-bond acceptors (Lipinski definition) is 5. The third kappa shape index (κ3) is 2.25. The SMILES string of the molecule is Cc1ccsc1CNc1ccc(N)c(N)n1. The predicted molar refractivity (Wildman–Crippen MR) is 69.4 cm³/mol. The zero-order chi connectivity index (χ0) is 11.5. The van der Waals surface area contributed by atoms with Crippen molar-refractivity contribution in [1.82, 2.24) is 4.98 Å². The summed E-state index contributed by atoms with van der Waals surface area (Å²) in [6.07, 6.45) is 0. The fourth-order valence-corrected chi connectivity index (χ4v) is 2.19. The van der Waals surface area contributed by atoms with Crippen LogP contribution in [0.3, 0.4) is 0 Å². The van der Waals surface area contributed by atoms with Crippen molar-refractivity contribution in [3.05, 3.63) is 34.0 Å². The van der Waals surface area contributed by atoms with E-state index in [0.29, 0.717) is 11.5 Å². The van der Waals surface area contributed by atoms with Gasteiger partial charge >= 0.3 is 0 Å². The molecule has 4 nitrogen and oxygen atoms in total. The number of aromatic nitrogens is 1. The second kappa shape index (κ2) is 4.40. The quantitative estimate of drug-likeness (QED) is 0.761. The van der Waals surface area contributed by atoms with E-state index in [1.807, 2.05) is 6.07 Å². The number of pyridine rings is 1. The number of anilines is 3. The van der Waals surface area contributed by atoms with Crippen molar-refractivity contribution in [2.24, 2.45) is 0 Å². The Morgan fingerprint density at radius 2 is 2.12 bits per heavy atom. The van der Waals surface area contributed by atoms with Crippen LogP contribution in [-0.2, 0) is 6.54 Å². The van der Waals surface area contributed by atoms with Crippen LogP contribution in [0.1, 0.15) is 10.4 Å². The summed E-state index contributed by atoms with van der Waals surface area (Å²) in [6.45, 7) is 2.86. The minimum Gasteiger partial charge on any atom is -0.396 e. The van der Waals surface area contributed by atoms with Crippen molar-refractivity contribution in [3.8, 4) is 0 Å². The summed E-state index contributed by atoms with van der Waals surface area (Å²) in [7, 11) is 0. The third-order valence-corrected chi connectivity index (χ3v) is 3.38. The predicted octanol–water partition coefficient (Wildman–Crippen LogP) is 2.23. The van der Waals surface area contributed by atoms with Crippen LogP contribution in [0.2, 0.25) is 0 Å². The molecule has 0 amide bonds. The Labute approximate surface area is 98.3 Å². The molecule has 0 unspecified atom stereocenters. The lowest BCUT2D eigenvalue weighted by molar-refractivity contribution is 1.13. The van der Waals surface area contributed by atoms with Gasteiger partial charge in [-0.3, -0.25) is 0 Å². The maximum absolute atomic E-state index is 5.63. The molecule has 16 heavy (non-hydrogen) atoms. The summed E-state index contributed by atoms with van der Waals surface area (Å²) in [5.41, 5.74) is 13.0. The first-order valence-corrected chi connectivity index (χ1v) is 5.83. The van der Waals surface area contributed by atoms with Gasteiger partial charge in [-0.15, -0.1) is 11.3 Å². The van der Waals surface area contributed by atoms with E-state index in [4.69, 9.17) is 11.5 Å². The summed E-state index contributed by atoms with van der Waals surface area (Å²) in [6, 6.07) is 5.69. The largest absolute Gasteiger partial charge is 0.396 e. The van der Waals surface area contributed by atoms with E-state index in [-0.39, 0.29) is 0 Å². The normalized spacial score (nSPS) is 10.3. The molecule has 0 atom stereocenters. The maximum Gasteiger partial charge on any atom is 0.149 e. The average Bonchev–Trinajstić information content (AvgIpc) is 2.66. The van der Waals surface area contributed by atoms with Gasteiger partial charge in [-0.05, 0) is 36.1 Å². The highest BCUT2D eigenvalue weighted by Crippen LogP contribution is 2.19. The number of nitrogens with two attached hydrogens (primary N) is 2. The van der Waals surface area contributed by atoms with Crippen molar-refractivity contribution in [1.29, 1.82) is 0 Å². The van der Waals surface area contributed by atoms with Crippen LogP contribution in [0.25, 0.3) is 0 Å². The molecule has 0 fully saturated rings. The smallest absolute Gasteiger partial charge is 0.149 e. The first kappa shape index (κ1) is 10.8. The Morgan fingerprint density at radius 1 is 1.31 bits per heavy atom. The fraction of sp³-hybridized carbons (Fsp3) is 0.182. The van der Waals surface area contributed by atoms with Crippen LogP contribution in [0.5, 0.6) is 0 Å². The summed E-state index contributed by atoms with van der Waals surface area (Å²) >= 11 is 1.73. The van der Waals surface area contributed by atoms with Crippen molar-refractivity contribution < 1.29 is 0 Å². The van der Waals surface area contributed by atoms with Crippen LogP contribution in [0.15, 0.2) is 23.6 Å². The Kier molecular flexibility index (Phi) is 2.96. The lowest BCUT2D eigenvalue weighted by atomic mass is 10.3. The monoisotopic (exact) mass is 234 g/mol. The van der Waals surface area contributed by atoms with Crippen LogP contribution in [0.4, 0.5) is 17.3 Å². The van der Waals surface area contributed by atoms with Gasteiger partial charge in [0.2, 0.25) is 0 Å². The number of nitrogen functional groups attached to an aromatic ring is 2. The topological polar surface area (TPSA) is 77.0 Å². The highest BCUT2D eigenvalue weighted by molar-refractivity contribution is 7.10. The maximum atomic E-state index is 5.63. The lowest BCUT2D eigenvalue weighted by Crippen LogP contribution is -2.04. The molecule has 84 valence electrons. The highest BCUT2D eigenvalue weighted by Gasteiger charge is 2.01. The van der Waals surface area contributed by atoms with Gasteiger partial charge in [0.05, 0.1) is 12.2 Å². The van der Waals surface area contributed by atoms with Crippen LogP contribution in [-0.4, -0.2) is 4.98 Å². The molecule has 2 rings (SSSR count). The number of rotatable bonds is 3. The van der Waals surface area contributed by atoms with E-state index >= 15 is 0 Å². The van der Waals surface area contributed by atoms with Crippen LogP contribution >= 0.6 is 11.3 Å². The van der Waals surface area contributed by atoms with E-state index in [9.17, 15) is 0 Å². The third-order valence-electron chi connectivity index (χ3n) is 2.36. The zero-order valence-electron chi connectivity index (χ0n) is 9.03. The number of thiophene rings is 1. The van der Waals surface area contributed by atoms with E-state index in [1.165, 1.54) is 10.4 Å². The van der Waals surface area contributed by atoms with Gasteiger partial charge in [0.1, 0.15) is 11.6 Å². The average molecular weight is 234 g/mol. The summed E-state index contributed by atoms with van der Waals surface area (Å²) in [4.78, 5) is 5.45. The van der Waals surface area contributed by atoms with E-state index in [2.05, 4.69) is 28.7 Å². The first-order valence-electron chi connectivity index (χ1n) is 4.95. The summed E-state index contributed by atoms with van der Waals surface area (Å²) in [5.74, 6) is 1.12. The summed E-state index contributed by atoms with van der Waals surface area (Å²) < 4.78 is 0. The summed E-state index contributed by atoms with van der Waals surface area (Å²) in [5, 5.41) is 5.30.